The lowest BCUT2D eigenvalue weighted by molar-refractivity contribution is 0.106. The zero-order valence-electron chi connectivity index (χ0n) is 12.9. The van der Waals surface area contributed by atoms with Gasteiger partial charge in [0, 0.05) is 32.2 Å². The lowest BCUT2D eigenvalue weighted by Gasteiger charge is -2.38. The topological polar surface area (TPSA) is 6.48 Å². The fourth-order valence-corrected chi connectivity index (χ4v) is 2.86. The van der Waals surface area contributed by atoms with E-state index in [4.69, 9.17) is 0 Å². The Morgan fingerprint density at radius 3 is 2.21 bits per heavy atom. The van der Waals surface area contributed by atoms with Crippen molar-refractivity contribution in [3.05, 3.63) is 35.4 Å². The quantitative estimate of drug-likeness (QED) is 0.817. The van der Waals surface area contributed by atoms with Crippen LogP contribution in [0.4, 0.5) is 0 Å². The first kappa shape index (κ1) is 14.5. The molecule has 0 spiro atoms. The van der Waals surface area contributed by atoms with Crippen molar-refractivity contribution in [2.75, 3.05) is 32.7 Å². The third-order valence-corrected chi connectivity index (χ3v) is 4.46. The molecule has 0 aromatic heterocycles. The summed E-state index contributed by atoms with van der Waals surface area (Å²) < 4.78 is 0. The molecule has 2 nitrogen and oxygen atoms in total. The second-order valence-corrected chi connectivity index (χ2v) is 5.97. The zero-order valence-corrected chi connectivity index (χ0v) is 12.9. The molecule has 106 valence electrons. The number of rotatable bonds is 4. The van der Waals surface area contributed by atoms with Gasteiger partial charge in [0.2, 0.25) is 0 Å². The highest BCUT2D eigenvalue weighted by Gasteiger charge is 2.21. The summed E-state index contributed by atoms with van der Waals surface area (Å²) in [7, 11) is 0. The highest BCUT2D eigenvalue weighted by atomic mass is 15.3. The third kappa shape index (κ3) is 3.58. The molecule has 0 amide bonds. The molecular formula is C17H28N2. The van der Waals surface area contributed by atoms with Crippen molar-refractivity contribution in [1.82, 2.24) is 9.80 Å². The average Bonchev–Trinajstić information content (AvgIpc) is 2.46. The maximum atomic E-state index is 2.62. The molecule has 2 rings (SSSR count). The van der Waals surface area contributed by atoms with Crippen LogP contribution in [0.15, 0.2) is 24.3 Å². The molecule has 19 heavy (non-hydrogen) atoms. The Morgan fingerprint density at radius 1 is 1.00 bits per heavy atom. The summed E-state index contributed by atoms with van der Waals surface area (Å²) in [4.78, 5) is 5.15. The summed E-state index contributed by atoms with van der Waals surface area (Å²) in [5.74, 6) is 0.615. The number of benzene rings is 1. The van der Waals surface area contributed by atoms with E-state index in [2.05, 4.69) is 61.8 Å². The first-order valence-corrected chi connectivity index (χ1v) is 7.68. The van der Waals surface area contributed by atoms with Crippen molar-refractivity contribution in [1.29, 1.82) is 0 Å². The van der Waals surface area contributed by atoms with E-state index in [0.29, 0.717) is 12.0 Å². The minimum Gasteiger partial charge on any atom is -0.301 e. The number of nitrogens with zero attached hydrogens (tertiary/aromatic N) is 2. The van der Waals surface area contributed by atoms with E-state index in [1.807, 2.05) is 0 Å². The van der Waals surface area contributed by atoms with E-state index in [9.17, 15) is 0 Å². The summed E-state index contributed by atoms with van der Waals surface area (Å²) >= 11 is 0. The van der Waals surface area contributed by atoms with Gasteiger partial charge in [0.25, 0.3) is 0 Å². The average molecular weight is 260 g/mol. The summed E-state index contributed by atoms with van der Waals surface area (Å²) in [5, 5.41) is 0. The molecule has 1 saturated heterocycles. The van der Waals surface area contributed by atoms with E-state index >= 15 is 0 Å². The van der Waals surface area contributed by atoms with Gasteiger partial charge in [0.05, 0.1) is 0 Å². The first-order valence-electron chi connectivity index (χ1n) is 7.68. The summed E-state index contributed by atoms with van der Waals surface area (Å²) in [6, 6.07) is 9.67. The Morgan fingerprint density at radius 2 is 1.63 bits per heavy atom. The van der Waals surface area contributed by atoms with E-state index in [1.54, 1.807) is 0 Å². The van der Waals surface area contributed by atoms with Crippen LogP contribution in [0, 0.1) is 0 Å². The van der Waals surface area contributed by atoms with Crippen molar-refractivity contribution in [2.45, 2.75) is 39.7 Å². The van der Waals surface area contributed by atoms with E-state index in [1.165, 1.54) is 43.9 Å². The predicted molar refractivity (Wildman–Crippen MR) is 82.6 cm³/mol. The molecule has 1 aliphatic heterocycles. The molecule has 2 heteroatoms. The minimum atomic E-state index is 0.540. The van der Waals surface area contributed by atoms with Gasteiger partial charge in [-0.05, 0) is 30.5 Å². The zero-order chi connectivity index (χ0) is 13.8. The Kier molecular flexibility index (Phi) is 5.00. The summed E-state index contributed by atoms with van der Waals surface area (Å²) in [6.45, 7) is 15.1. The molecule has 1 heterocycles. The molecular weight excluding hydrogens is 232 g/mol. The fourth-order valence-electron chi connectivity index (χ4n) is 2.86. The molecule has 1 aromatic carbocycles. The van der Waals surface area contributed by atoms with Crippen LogP contribution in [0.5, 0.6) is 0 Å². The Balaban J connectivity index is 2.03. The minimum absolute atomic E-state index is 0.540. The SMILES string of the molecule is CCN1CCN(C(C)c2cccc(C(C)C)c2)CC1. The van der Waals surface area contributed by atoms with Crippen LogP contribution in [-0.4, -0.2) is 42.5 Å². The largest absolute Gasteiger partial charge is 0.301 e. The molecule has 1 fully saturated rings. The lowest BCUT2D eigenvalue weighted by atomic mass is 9.97. The Labute approximate surface area is 118 Å². The number of hydrogen-bond acceptors (Lipinski definition) is 2. The smallest absolute Gasteiger partial charge is 0.0321 e. The molecule has 1 atom stereocenters. The third-order valence-electron chi connectivity index (χ3n) is 4.46. The van der Waals surface area contributed by atoms with Crippen LogP contribution in [0.1, 0.15) is 50.8 Å². The highest BCUT2D eigenvalue weighted by molar-refractivity contribution is 5.27. The van der Waals surface area contributed by atoms with Gasteiger partial charge in [0.1, 0.15) is 0 Å². The van der Waals surface area contributed by atoms with Crippen LogP contribution < -0.4 is 0 Å². The number of piperazine rings is 1. The number of likely N-dealkylation sites (N-methyl/N-ethyl adjacent to an activating group) is 1. The van der Waals surface area contributed by atoms with E-state index < -0.39 is 0 Å². The van der Waals surface area contributed by atoms with Crippen molar-refractivity contribution in [2.24, 2.45) is 0 Å². The molecule has 0 saturated carbocycles. The second kappa shape index (κ2) is 6.53. The highest BCUT2D eigenvalue weighted by Crippen LogP contribution is 2.24. The van der Waals surface area contributed by atoms with Gasteiger partial charge in [-0.25, -0.2) is 0 Å². The van der Waals surface area contributed by atoms with Gasteiger partial charge in [-0.3, -0.25) is 4.90 Å². The maximum Gasteiger partial charge on any atom is 0.0321 e. The van der Waals surface area contributed by atoms with E-state index in [0.717, 1.165) is 0 Å². The molecule has 0 bridgehead atoms. The van der Waals surface area contributed by atoms with Crippen LogP contribution in [0.25, 0.3) is 0 Å². The molecule has 1 unspecified atom stereocenters. The van der Waals surface area contributed by atoms with Gasteiger partial charge in [0.15, 0.2) is 0 Å². The standard InChI is InChI=1S/C17H28N2/c1-5-18-9-11-19(12-10-18)15(4)17-8-6-7-16(13-17)14(2)3/h6-8,13-15H,5,9-12H2,1-4H3. The van der Waals surface area contributed by atoms with Crippen molar-refractivity contribution in [3.63, 3.8) is 0 Å². The van der Waals surface area contributed by atoms with Crippen LogP contribution in [0.3, 0.4) is 0 Å². The molecule has 1 aromatic rings. The number of hydrogen-bond donors (Lipinski definition) is 0. The molecule has 0 aliphatic carbocycles. The van der Waals surface area contributed by atoms with Crippen LogP contribution >= 0.6 is 0 Å². The molecule has 0 N–H and O–H groups in total. The lowest BCUT2D eigenvalue weighted by Crippen LogP contribution is -2.46. The van der Waals surface area contributed by atoms with Gasteiger partial charge in [-0.2, -0.15) is 0 Å². The second-order valence-electron chi connectivity index (χ2n) is 5.97. The van der Waals surface area contributed by atoms with E-state index in [-0.39, 0.29) is 0 Å². The fraction of sp³-hybridized carbons (Fsp3) is 0.647. The normalized spacial score (nSPS) is 19.8. The van der Waals surface area contributed by atoms with Gasteiger partial charge < -0.3 is 4.90 Å². The monoisotopic (exact) mass is 260 g/mol. The maximum absolute atomic E-state index is 2.62. The van der Waals surface area contributed by atoms with Crippen molar-refractivity contribution >= 4 is 0 Å². The van der Waals surface area contributed by atoms with Crippen LogP contribution in [-0.2, 0) is 0 Å². The molecule has 1 aliphatic rings. The molecule has 0 radical (unpaired) electrons. The Bertz CT molecular complexity index is 392. The van der Waals surface area contributed by atoms with Crippen molar-refractivity contribution < 1.29 is 0 Å². The first-order chi connectivity index (χ1) is 9.11. The summed E-state index contributed by atoms with van der Waals surface area (Å²) in [6.07, 6.45) is 0. The van der Waals surface area contributed by atoms with Gasteiger partial charge in [-0.1, -0.05) is 45.0 Å². The van der Waals surface area contributed by atoms with Crippen LogP contribution in [0.2, 0.25) is 0 Å². The van der Waals surface area contributed by atoms with Gasteiger partial charge >= 0.3 is 0 Å². The van der Waals surface area contributed by atoms with Gasteiger partial charge in [-0.15, -0.1) is 0 Å². The predicted octanol–water partition coefficient (Wildman–Crippen LogP) is 3.51. The van der Waals surface area contributed by atoms with Crippen molar-refractivity contribution in [3.8, 4) is 0 Å². The summed E-state index contributed by atoms with van der Waals surface area (Å²) in [5.41, 5.74) is 2.92. The Hall–Kier alpha value is -0.860.